The molecule has 0 aromatic heterocycles. The normalized spacial score (nSPS) is 35.4. The Kier molecular flexibility index (Phi) is 1.83. The highest BCUT2D eigenvalue weighted by atomic mass is 16.2. The van der Waals surface area contributed by atoms with Crippen molar-refractivity contribution in [2.75, 3.05) is 19.6 Å². The van der Waals surface area contributed by atoms with Gasteiger partial charge in [0.15, 0.2) is 0 Å². The first kappa shape index (κ1) is 8.05. The Labute approximate surface area is 73.1 Å². The molecule has 2 rings (SSSR count). The molecule has 0 bridgehead atoms. The zero-order valence-corrected chi connectivity index (χ0v) is 7.60. The molecule has 2 aliphatic heterocycles. The van der Waals surface area contributed by atoms with Gasteiger partial charge in [0, 0.05) is 13.1 Å². The number of rotatable bonds is 1. The molecule has 2 saturated heterocycles. The third-order valence-electron chi connectivity index (χ3n) is 3.13. The van der Waals surface area contributed by atoms with Crippen LogP contribution in [0.5, 0.6) is 0 Å². The lowest BCUT2D eigenvalue weighted by atomic mass is 9.96. The van der Waals surface area contributed by atoms with Gasteiger partial charge in [-0.3, -0.25) is 4.79 Å². The molecule has 1 spiro atoms. The third kappa shape index (κ3) is 0.959. The van der Waals surface area contributed by atoms with E-state index in [0.717, 1.165) is 38.9 Å². The monoisotopic (exact) mass is 168 g/mol. The maximum Gasteiger partial charge on any atom is 0.242 e. The smallest absolute Gasteiger partial charge is 0.242 e. The molecule has 0 radical (unpaired) electrons. The highest BCUT2D eigenvalue weighted by molar-refractivity contribution is 5.88. The lowest BCUT2D eigenvalue weighted by molar-refractivity contribution is -0.132. The van der Waals surface area contributed by atoms with Gasteiger partial charge in [-0.05, 0) is 32.7 Å². The van der Waals surface area contributed by atoms with Gasteiger partial charge < -0.3 is 10.2 Å². The van der Waals surface area contributed by atoms with Crippen LogP contribution in [-0.2, 0) is 4.79 Å². The molecule has 1 unspecified atom stereocenters. The molecule has 2 fully saturated rings. The van der Waals surface area contributed by atoms with Crippen molar-refractivity contribution in [1.29, 1.82) is 0 Å². The lowest BCUT2D eigenvalue weighted by Gasteiger charge is -2.22. The van der Waals surface area contributed by atoms with Gasteiger partial charge in [0.25, 0.3) is 0 Å². The van der Waals surface area contributed by atoms with E-state index in [2.05, 4.69) is 5.32 Å². The molecule has 0 aliphatic carbocycles. The molecule has 1 atom stereocenters. The average molecular weight is 168 g/mol. The summed E-state index contributed by atoms with van der Waals surface area (Å²) in [6.45, 7) is 4.87. The van der Waals surface area contributed by atoms with Crippen LogP contribution in [0.4, 0.5) is 0 Å². The lowest BCUT2D eigenvalue weighted by Crippen LogP contribution is -2.47. The zero-order chi connectivity index (χ0) is 8.60. The van der Waals surface area contributed by atoms with E-state index in [9.17, 15) is 4.79 Å². The van der Waals surface area contributed by atoms with Crippen molar-refractivity contribution in [2.24, 2.45) is 0 Å². The summed E-state index contributed by atoms with van der Waals surface area (Å²) in [4.78, 5) is 13.8. The summed E-state index contributed by atoms with van der Waals surface area (Å²) >= 11 is 0. The van der Waals surface area contributed by atoms with Crippen molar-refractivity contribution in [2.45, 2.75) is 31.7 Å². The van der Waals surface area contributed by atoms with Gasteiger partial charge >= 0.3 is 0 Å². The van der Waals surface area contributed by atoms with Gasteiger partial charge in [0.05, 0.1) is 5.54 Å². The minimum atomic E-state index is -0.143. The molecule has 0 aromatic carbocycles. The first-order valence-corrected chi connectivity index (χ1v) is 4.83. The highest BCUT2D eigenvalue weighted by Crippen LogP contribution is 2.30. The Morgan fingerprint density at radius 3 is 2.92 bits per heavy atom. The van der Waals surface area contributed by atoms with Crippen LogP contribution >= 0.6 is 0 Å². The molecular weight excluding hydrogens is 152 g/mol. The molecule has 0 saturated carbocycles. The number of likely N-dealkylation sites (N-methyl/N-ethyl adjacent to an activating group) is 1. The van der Waals surface area contributed by atoms with Crippen molar-refractivity contribution >= 4 is 5.91 Å². The number of amides is 1. The summed E-state index contributed by atoms with van der Waals surface area (Å²) in [6.07, 6.45) is 3.21. The Balaban J connectivity index is 2.14. The van der Waals surface area contributed by atoms with Gasteiger partial charge in [-0.15, -0.1) is 0 Å². The van der Waals surface area contributed by atoms with Crippen molar-refractivity contribution < 1.29 is 4.79 Å². The predicted octanol–water partition coefficient (Wildman–Crippen LogP) is 0.361. The summed E-state index contributed by atoms with van der Waals surface area (Å²) in [5.74, 6) is 0.336. The van der Waals surface area contributed by atoms with Crippen LogP contribution in [0.15, 0.2) is 0 Å². The third-order valence-corrected chi connectivity index (χ3v) is 3.13. The van der Waals surface area contributed by atoms with E-state index < -0.39 is 0 Å². The summed E-state index contributed by atoms with van der Waals surface area (Å²) in [5.41, 5.74) is -0.143. The summed E-state index contributed by atoms with van der Waals surface area (Å²) in [6, 6.07) is 0. The Morgan fingerprint density at radius 1 is 1.58 bits per heavy atom. The SMILES string of the molecule is CCN1CCC2(CCCN2)C1=O. The second kappa shape index (κ2) is 2.73. The molecule has 3 heteroatoms. The van der Waals surface area contributed by atoms with E-state index in [0.29, 0.717) is 5.91 Å². The van der Waals surface area contributed by atoms with E-state index in [1.807, 2.05) is 11.8 Å². The molecule has 0 aromatic rings. The van der Waals surface area contributed by atoms with Crippen LogP contribution in [0.3, 0.4) is 0 Å². The molecule has 3 nitrogen and oxygen atoms in total. The molecule has 12 heavy (non-hydrogen) atoms. The Hall–Kier alpha value is -0.570. The maximum absolute atomic E-state index is 11.8. The number of carbonyl (C=O) groups is 1. The fourth-order valence-corrected chi connectivity index (χ4v) is 2.34. The van der Waals surface area contributed by atoms with E-state index in [1.165, 1.54) is 0 Å². The Morgan fingerprint density at radius 2 is 2.42 bits per heavy atom. The van der Waals surface area contributed by atoms with Crippen molar-refractivity contribution in [3.63, 3.8) is 0 Å². The molecular formula is C9H16N2O. The van der Waals surface area contributed by atoms with Crippen molar-refractivity contribution in [3.05, 3.63) is 0 Å². The van der Waals surface area contributed by atoms with Crippen LogP contribution in [0, 0.1) is 0 Å². The predicted molar refractivity (Wildman–Crippen MR) is 46.8 cm³/mol. The second-order valence-corrected chi connectivity index (χ2v) is 3.75. The summed E-state index contributed by atoms with van der Waals surface area (Å²) < 4.78 is 0. The number of likely N-dealkylation sites (tertiary alicyclic amines) is 1. The number of nitrogens with one attached hydrogen (secondary N) is 1. The quantitative estimate of drug-likeness (QED) is 0.613. The average Bonchev–Trinajstić information content (AvgIpc) is 2.65. The number of nitrogens with zero attached hydrogens (tertiary/aromatic N) is 1. The van der Waals surface area contributed by atoms with Crippen LogP contribution in [-0.4, -0.2) is 36.0 Å². The fourth-order valence-electron chi connectivity index (χ4n) is 2.34. The van der Waals surface area contributed by atoms with E-state index in [-0.39, 0.29) is 5.54 Å². The zero-order valence-electron chi connectivity index (χ0n) is 7.60. The maximum atomic E-state index is 11.8. The molecule has 1 N–H and O–H groups in total. The molecule has 2 heterocycles. The van der Waals surface area contributed by atoms with Crippen LogP contribution in [0.25, 0.3) is 0 Å². The minimum Gasteiger partial charge on any atom is -0.341 e. The van der Waals surface area contributed by atoms with Gasteiger partial charge in [-0.1, -0.05) is 0 Å². The fraction of sp³-hybridized carbons (Fsp3) is 0.889. The largest absolute Gasteiger partial charge is 0.341 e. The van der Waals surface area contributed by atoms with Crippen LogP contribution < -0.4 is 5.32 Å². The number of hydrogen-bond acceptors (Lipinski definition) is 2. The molecule has 1 amide bonds. The number of hydrogen-bond donors (Lipinski definition) is 1. The van der Waals surface area contributed by atoms with Crippen molar-refractivity contribution in [1.82, 2.24) is 10.2 Å². The summed E-state index contributed by atoms with van der Waals surface area (Å²) in [7, 11) is 0. The standard InChI is InChI=1S/C9H16N2O/c1-2-11-7-5-9(8(11)12)4-3-6-10-9/h10H,2-7H2,1H3. The van der Waals surface area contributed by atoms with E-state index in [1.54, 1.807) is 0 Å². The second-order valence-electron chi connectivity index (χ2n) is 3.75. The number of carbonyl (C=O) groups excluding carboxylic acids is 1. The van der Waals surface area contributed by atoms with Gasteiger partial charge in [0.2, 0.25) is 5.91 Å². The van der Waals surface area contributed by atoms with Crippen molar-refractivity contribution in [3.8, 4) is 0 Å². The van der Waals surface area contributed by atoms with Crippen LogP contribution in [0.1, 0.15) is 26.2 Å². The van der Waals surface area contributed by atoms with Gasteiger partial charge in [0.1, 0.15) is 0 Å². The highest BCUT2D eigenvalue weighted by Gasteiger charge is 2.47. The van der Waals surface area contributed by atoms with Gasteiger partial charge in [-0.25, -0.2) is 0 Å². The molecule has 2 aliphatic rings. The van der Waals surface area contributed by atoms with E-state index >= 15 is 0 Å². The first-order valence-electron chi connectivity index (χ1n) is 4.83. The van der Waals surface area contributed by atoms with Crippen LogP contribution in [0.2, 0.25) is 0 Å². The topological polar surface area (TPSA) is 32.3 Å². The minimum absolute atomic E-state index is 0.143. The summed E-state index contributed by atoms with van der Waals surface area (Å²) in [5, 5.41) is 3.35. The molecule has 68 valence electrons. The first-order chi connectivity index (χ1) is 5.78. The van der Waals surface area contributed by atoms with E-state index in [4.69, 9.17) is 0 Å². The van der Waals surface area contributed by atoms with Gasteiger partial charge in [-0.2, -0.15) is 0 Å². The Bertz CT molecular complexity index is 197.